The van der Waals surface area contributed by atoms with Gasteiger partial charge in [0.2, 0.25) is 5.89 Å². The summed E-state index contributed by atoms with van der Waals surface area (Å²) in [5, 5.41) is 13.4. The maximum Gasteiger partial charge on any atom is 0.416 e. The van der Waals surface area contributed by atoms with Crippen molar-refractivity contribution < 1.29 is 17.6 Å². The van der Waals surface area contributed by atoms with Crippen molar-refractivity contribution in [1.82, 2.24) is 15.5 Å². The van der Waals surface area contributed by atoms with Crippen LogP contribution in [0.5, 0.6) is 0 Å². The molecule has 0 aliphatic rings. The molecule has 0 aliphatic carbocycles. The summed E-state index contributed by atoms with van der Waals surface area (Å²) in [5.41, 5.74) is -0.205. The SMILES string of the molecule is CNC(C)c1nnc(NCc2cccc(C(F)(F)F)c2)o1. The van der Waals surface area contributed by atoms with Crippen LogP contribution in [0.25, 0.3) is 0 Å². The molecular weight excluding hydrogens is 285 g/mol. The number of nitrogens with one attached hydrogen (secondary N) is 2. The summed E-state index contributed by atoms with van der Waals surface area (Å²) in [7, 11) is 1.75. The molecule has 5 nitrogen and oxygen atoms in total. The van der Waals surface area contributed by atoms with E-state index >= 15 is 0 Å². The van der Waals surface area contributed by atoms with Gasteiger partial charge >= 0.3 is 12.2 Å². The first-order valence-corrected chi connectivity index (χ1v) is 6.31. The minimum atomic E-state index is -4.35. The van der Waals surface area contributed by atoms with E-state index in [1.165, 1.54) is 6.07 Å². The Hall–Kier alpha value is -2.09. The maximum atomic E-state index is 12.6. The zero-order chi connectivity index (χ0) is 15.5. The summed E-state index contributed by atoms with van der Waals surface area (Å²) >= 11 is 0. The number of aromatic nitrogens is 2. The fraction of sp³-hybridized carbons (Fsp3) is 0.385. The van der Waals surface area contributed by atoms with Gasteiger partial charge in [-0.05, 0) is 31.7 Å². The molecule has 1 aromatic carbocycles. The number of hydrogen-bond donors (Lipinski definition) is 2. The van der Waals surface area contributed by atoms with Gasteiger partial charge in [-0.25, -0.2) is 0 Å². The van der Waals surface area contributed by atoms with Gasteiger partial charge < -0.3 is 15.1 Å². The van der Waals surface area contributed by atoms with Crippen LogP contribution in [-0.2, 0) is 12.7 Å². The van der Waals surface area contributed by atoms with E-state index in [0.717, 1.165) is 12.1 Å². The lowest BCUT2D eigenvalue weighted by Gasteiger charge is -2.08. The highest BCUT2D eigenvalue weighted by Crippen LogP contribution is 2.29. The van der Waals surface area contributed by atoms with E-state index < -0.39 is 11.7 Å². The van der Waals surface area contributed by atoms with Crippen molar-refractivity contribution in [3.05, 3.63) is 41.3 Å². The first-order valence-electron chi connectivity index (χ1n) is 6.31. The van der Waals surface area contributed by atoms with E-state index in [-0.39, 0.29) is 18.6 Å². The molecule has 0 aliphatic heterocycles. The van der Waals surface area contributed by atoms with Crippen LogP contribution >= 0.6 is 0 Å². The number of alkyl halides is 3. The lowest BCUT2D eigenvalue weighted by atomic mass is 10.1. The second-order valence-corrected chi connectivity index (χ2v) is 4.51. The Morgan fingerprint density at radius 3 is 2.71 bits per heavy atom. The van der Waals surface area contributed by atoms with Gasteiger partial charge in [0.05, 0.1) is 11.6 Å². The quantitative estimate of drug-likeness (QED) is 0.889. The van der Waals surface area contributed by atoms with E-state index in [9.17, 15) is 13.2 Å². The van der Waals surface area contributed by atoms with Crippen molar-refractivity contribution in [3.8, 4) is 0 Å². The van der Waals surface area contributed by atoms with E-state index in [1.54, 1.807) is 13.1 Å². The Morgan fingerprint density at radius 2 is 2.05 bits per heavy atom. The molecule has 2 rings (SSSR count). The Bertz CT molecular complexity index is 597. The molecule has 114 valence electrons. The van der Waals surface area contributed by atoms with Gasteiger partial charge in [-0.1, -0.05) is 17.2 Å². The molecule has 2 aromatic rings. The molecule has 0 saturated carbocycles. The summed E-state index contributed by atoms with van der Waals surface area (Å²) in [6.07, 6.45) is -4.35. The van der Waals surface area contributed by atoms with Gasteiger partial charge in [0, 0.05) is 6.54 Å². The summed E-state index contributed by atoms with van der Waals surface area (Å²) in [4.78, 5) is 0. The highest BCUT2D eigenvalue weighted by atomic mass is 19.4. The number of rotatable bonds is 5. The molecule has 2 N–H and O–H groups in total. The normalized spacial score (nSPS) is 13.2. The van der Waals surface area contributed by atoms with Crippen LogP contribution < -0.4 is 10.6 Å². The van der Waals surface area contributed by atoms with Crippen LogP contribution in [0.1, 0.15) is 30.0 Å². The Morgan fingerprint density at radius 1 is 1.29 bits per heavy atom. The number of halogens is 3. The van der Waals surface area contributed by atoms with Crippen LogP contribution in [0.3, 0.4) is 0 Å². The first-order chi connectivity index (χ1) is 9.90. The third-order valence-corrected chi connectivity index (χ3v) is 2.94. The summed E-state index contributed by atoms with van der Waals surface area (Å²) in [6.45, 7) is 2.02. The predicted molar refractivity (Wildman–Crippen MR) is 70.5 cm³/mol. The molecular formula is C13H15F3N4O. The summed E-state index contributed by atoms with van der Waals surface area (Å²) < 4.78 is 43.1. The average molecular weight is 300 g/mol. The molecule has 0 fully saturated rings. The van der Waals surface area contributed by atoms with Crippen molar-refractivity contribution in [2.24, 2.45) is 0 Å². The van der Waals surface area contributed by atoms with Crippen molar-refractivity contribution in [1.29, 1.82) is 0 Å². The van der Waals surface area contributed by atoms with Crippen molar-refractivity contribution in [3.63, 3.8) is 0 Å². The first kappa shape index (κ1) is 15.3. The third-order valence-electron chi connectivity index (χ3n) is 2.94. The van der Waals surface area contributed by atoms with Crippen LogP contribution in [0, 0.1) is 0 Å². The van der Waals surface area contributed by atoms with Gasteiger partial charge in [-0.2, -0.15) is 13.2 Å². The van der Waals surface area contributed by atoms with Gasteiger partial charge in [-0.3, -0.25) is 0 Å². The summed E-state index contributed by atoms with van der Waals surface area (Å²) in [5.74, 6) is 0.407. The van der Waals surface area contributed by atoms with Gasteiger partial charge in [0.1, 0.15) is 0 Å². The van der Waals surface area contributed by atoms with Crippen molar-refractivity contribution in [2.45, 2.75) is 25.7 Å². The molecule has 0 spiro atoms. The van der Waals surface area contributed by atoms with Crippen LogP contribution in [0.4, 0.5) is 19.2 Å². The average Bonchev–Trinajstić information content (AvgIpc) is 2.92. The smallest absolute Gasteiger partial charge is 0.406 e. The van der Waals surface area contributed by atoms with Crippen molar-refractivity contribution >= 4 is 6.01 Å². The predicted octanol–water partition coefficient (Wildman–Crippen LogP) is 2.98. The van der Waals surface area contributed by atoms with Gasteiger partial charge in [0.15, 0.2) is 0 Å². The zero-order valence-electron chi connectivity index (χ0n) is 11.5. The fourth-order valence-electron chi connectivity index (χ4n) is 1.64. The van der Waals surface area contributed by atoms with Crippen molar-refractivity contribution in [2.75, 3.05) is 12.4 Å². The Kier molecular flexibility index (Phi) is 4.46. The standard InChI is InChI=1S/C13H15F3N4O/c1-8(17-2)11-19-20-12(21-11)18-7-9-4-3-5-10(6-9)13(14,15)16/h3-6,8,17H,7H2,1-2H3,(H,18,20). The highest BCUT2D eigenvalue weighted by molar-refractivity contribution is 5.29. The second kappa shape index (κ2) is 6.13. The fourth-order valence-corrected chi connectivity index (χ4v) is 1.64. The van der Waals surface area contributed by atoms with E-state index in [0.29, 0.717) is 11.5 Å². The lowest BCUT2D eigenvalue weighted by Crippen LogP contribution is -2.12. The van der Waals surface area contributed by atoms with Gasteiger partial charge in [0.25, 0.3) is 0 Å². The summed E-state index contributed by atoms with van der Waals surface area (Å²) in [6, 6.07) is 5.15. The van der Waals surface area contributed by atoms with Crippen LogP contribution in [-0.4, -0.2) is 17.2 Å². The number of nitrogens with zero attached hydrogens (tertiary/aromatic N) is 2. The van der Waals surface area contributed by atoms with Crippen LogP contribution in [0.15, 0.2) is 28.7 Å². The number of benzene rings is 1. The maximum absolute atomic E-state index is 12.6. The minimum absolute atomic E-state index is 0.0957. The number of hydrogen-bond acceptors (Lipinski definition) is 5. The Balaban J connectivity index is 2.01. The highest BCUT2D eigenvalue weighted by Gasteiger charge is 2.30. The third kappa shape index (κ3) is 3.94. The number of anilines is 1. The molecule has 8 heteroatoms. The Labute approximate surface area is 119 Å². The molecule has 0 saturated heterocycles. The molecule has 1 atom stereocenters. The second-order valence-electron chi connectivity index (χ2n) is 4.51. The molecule has 21 heavy (non-hydrogen) atoms. The lowest BCUT2D eigenvalue weighted by molar-refractivity contribution is -0.137. The molecule has 0 bridgehead atoms. The van der Waals surface area contributed by atoms with Gasteiger partial charge in [-0.15, -0.1) is 5.10 Å². The molecule has 1 aromatic heterocycles. The van der Waals surface area contributed by atoms with E-state index in [1.807, 2.05) is 6.92 Å². The van der Waals surface area contributed by atoms with E-state index in [2.05, 4.69) is 20.8 Å². The minimum Gasteiger partial charge on any atom is -0.406 e. The largest absolute Gasteiger partial charge is 0.416 e. The zero-order valence-corrected chi connectivity index (χ0v) is 11.5. The monoisotopic (exact) mass is 300 g/mol. The molecule has 1 heterocycles. The van der Waals surface area contributed by atoms with E-state index in [4.69, 9.17) is 4.42 Å². The molecule has 0 amide bonds. The molecule has 1 unspecified atom stereocenters. The molecule has 0 radical (unpaired) electrons. The van der Waals surface area contributed by atoms with Crippen LogP contribution in [0.2, 0.25) is 0 Å². The topological polar surface area (TPSA) is 63.0 Å².